The van der Waals surface area contributed by atoms with Gasteiger partial charge in [-0.1, -0.05) is 6.07 Å². The third-order valence-electron chi connectivity index (χ3n) is 3.90. The Labute approximate surface area is 148 Å². The highest BCUT2D eigenvalue weighted by atomic mass is 16.1. The van der Waals surface area contributed by atoms with E-state index in [2.05, 4.69) is 30.9 Å². The van der Waals surface area contributed by atoms with Crippen molar-refractivity contribution in [1.29, 1.82) is 0 Å². The topological polar surface area (TPSA) is 103 Å². The van der Waals surface area contributed by atoms with Crippen molar-refractivity contribution in [2.75, 3.05) is 5.32 Å². The fraction of sp³-hybridized carbons (Fsp3) is 0.176. The molecule has 3 aromatic heterocycles. The van der Waals surface area contributed by atoms with E-state index in [1.807, 2.05) is 30.7 Å². The van der Waals surface area contributed by atoms with Crippen LogP contribution in [0.5, 0.6) is 0 Å². The van der Waals surface area contributed by atoms with Gasteiger partial charge in [0.15, 0.2) is 5.65 Å². The molecule has 0 fully saturated rings. The number of benzene rings is 1. The van der Waals surface area contributed by atoms with Crippen molar-refractivity contribution in [2.24, 2.45) is 0 Å². The first-order chi connectivity index (χ1) is 12.6. The molecule has 3 heterocycles. The Morgan fingerprint density at radius 3 is 2.85 bits per heavy atom. The molecule has 4 rings (SSSR count). The van der Waals surface area contributed by atoms with Gasteiger partial charge in [-0.05, 0) is 48.5 Å². The smallest absolute Gasteiger partial charge is 0.255 e. The highest BCUT2D eigenvalue weighted by molar-refractivity contribution is 6.05. The zero-order valence-electron chi connectivity index (χ0n) is 14.2. The number of tetrazole rings is 1. The van der Waals surface area contributed by atoms with E-state index in [9.17, 15) is 4.79 Å². The van der Waals surface area contributed by atoms with Crippen LogP contribution in [0.15, 0.2) is 49.1 Å². The normalized spacial score (nSPS) is 11.2. The Balaban J connectivity index is 1.58. The second kappa shape index (κ2) is 6.36. The van der Waals surface area contributed by atoms with Gasteiger partial charge in [0, 0.05) is 17.0 Å². The molecule has 0 bridgehead atoms. The zero-order valence-corrected chi connectivity index (χ0v) is 14.2. The van der Waals surface area contributed by atoms with Crippen molar-refractivity contribution in [1.82, 2.24) is 35.0 Å². The van der Waals surface area contributed by atoms with E-state index in [1.54, 1.807) is 30.6 Å². The van der Waals surface area contributed by atoms with E-state index in [0.29, 0.717) is 16.9 Å². The third kappa shape index (κ3) is 2.90. The molecule has 130 valence electrons. The van der Waals surface area contributed by atoms with Gasteiger partial charge in [0.05, 0.1) is 23.8 Å². The second-order valence-electron chi connectivity index (χ2n) is 6.08. The van der Waals surface area contributed by atoms with Gasteiger partial charge in [-0.25, -0.2) is 14.3 Å². The summed E-state index contributed by atoms with van der Waals surface area (Å²) in [5, 5.41) is 19.1. The van der Waals surface area contributed by atoms with Crippen molar-refractivity contribution < 1.29 is 4.79 Å². The molecule has 26 heavy (non-hydrogen) atoms. The van der Waals surface area contributed by atoms with E-state index in [-0.39, 0.29) is 11.9 Å². The highest BCUT2D eigenvalue weighted by Crippen LogP contribution is 2.20. The lowest BCUT2D eigenvalue weighted by Gasteiger charge is -2.08. The number of hydrogen-bond acceptors (Lipinski definition) is 6. The SMILES string of the molecule is CC(C)n1ncc2cc(NC(=O)c3cccc(-n4cnnn4)c3)cnc21. The maximum absolute atomic E-state index is 12.6. The number of hydrogen-bond donors (Lipinski definition) is 1. The van der Waals surface area contributed by atoms with Gasteiger partial charge < -0.3 is 5.32 Å². The number of nitrogens with zero attached hydrogens (tertiary/aromatic N) is 7. The number of pyridine rings is 1. The van der Waals surface area contributed by atoms with Gasteiger partial charge in [-0.2, -0.15) is 5.10 Å². The van der Waals surface area contributed by atoms with Crippen LogP contribution in [-0.4, -0.2) is 40.9 Å². The number of anilines is 1. The average Bonchev–Trinajstić information content (AvgIpc) is 3.31. The fourth-order valence-electron chi connectivity index (χ4n) is 2.66. The largest absolute Gasteiger partial charge is 0.321 e. The minimum Gasteiger partial charge on any atom is -0.321 e. The number of nitrogens with one attached hydrogen (secondary N) is 1. The Morgan fingerprint density at radius 1 is 1.19 bits per heavy atom. The Kier molecular flexibility index (Phi) is 3.88. The molecule has 1 aromatic carbocycles. The van der Waals surface area contributed by atoms with Crippen LogP contribution < -0.4 is 5.32 Å². The van der Waals surface area contributed by atoms with E-state index < -0.39 is 0 Å². The summed E-state index contributed by atoms with van der Waals surface area (Å²) >= 11 is 0. The number of carbonyl (C=O) groups is 1. The summed E-state index contributed by atoms with van der Waals surface area (Å²) in [7, 11) is 0. The molecule has 0 aliphatic heterocycles. The van der Waals surface area contributed by atoms with Crippen molar-refractivity contribution in [3.05, 3.63) is 54.6 Å². The summed E-state index contributed by atoms with van der Waals surface area (Å²) in [6.07, 6.45) is 4.85. The minimum absolute atomic E-state index is 0.217. The Bertz CT molecular complexity index is 1070. The van der Waals surface area contributed by atoms with Crippen LogP contribution >= 0.6 is 0 Å². The molecule has 0 spiro atoms. The van der Waals surface area contributed by atoms with E-state index in [1.165, 1.54) is 11.0 Å². The van der Waals surface area contributed by atoms with Gasteiger partial charge >= 0.3 is 0 Å². The summed E-state index contributed by atoms with van der Waals surface area (Å²) in [6, 6.07) is 9.12. The lowest BCUT2D eigenvalue weighted by Crippen LogP contribution is -2.12. The lowest BCUT2D eigenvalue weighted by atomic mass is 10.2. The quantitative estimate of drug-likeness (QED) is 0.606. The number of aromatic nitrogens is 7. The molecular formula is C17H16N8O. The molecule has 0 saturated carbocycles. The van der Waals surface area contributed by atoms with Gasteiger partial charge in [-0.15, -0.1) is 5.10 Å². The van der Waals surface area contributed by atoms with Gasteiger partial charge in [0.2, 0.25) is 0 Å². The van der Waals surface area contributed by atoms with E-state index in [0.717, 1.165) is 11.0 Å². The number of carbonyl (C=O) groups excluding carboxylic acids is 1. The molecule has 0 saturated heterocycles. The van der Waals surface area contributed by atoms with Gasteiger partial charge in [-0.3, -0.25) is 4.79 Å². The van der Waals surface area contributed by atoms with Crippen LogP contribution in [-0.2, 0) is 0 Å². The molecule has 1 amide bonds. The molecule has 1 N–H and O–H groups in total. The second-order valence-corrected chi connectivity index (χ2v) is 6.08. The predicted molar refractivity (Wildman–Crippen MR) is 95.0 cm³/mol. The third-order valence-corrected chi connectivity index (χ3v) is 3.90. The standard InChI is InChI=1S/C17H16N8O/c1-11(2)25-16-13(8-20-25)6-14(9-18-16)21-17(26)12-4-3-5-15(7-12)24-10-19-22-23-24/h3-11H,1-2H3,(H,21,26). The van der Waals surface area contributed by atoms with Crippen LogP contribution in [0, 0.1) is 0 Å². The Hall–Kier alpha value is -3.62. The summed E-state index contributed by atoms with van der Waals surface area (Å²) in [5.74, 6) is -0.239. The van der Waals surface area contributed by atoms with Crippen LogP contribution in [0.2, 0.25) is 0 Å². The molecule has 9 heteroatoms. The fourth-order valence-corrected chi connectivity index (χ4v) is 2.66. The van der Waals surface area contributed by atoms with Gasteiger partial charge in [0.1, 0.15) is 6.33 Å². The first kappa shape index (κ1) is 15.9. The molecule has 0 radical (unpaired) electrons. The molecule has 9 nitrogen and oxygen atoms in total. The van der Waals surface area contributed by atoms with E-state index in [4.69, 9.17) is 0 Å². The average molecular weight is 348 g/mol. The van der Waals surface area contributed by atoms with E-state index >= 15 is 0 Å². The summed E-state index contributed by atoms with van der Waals surface area (Å²) in [5.41, 5.74) is 2.60. The first-order valence-electron chi connectivity index (χ1n) is 8.10. The molecule has 0 aliphatic rings. The summed E-state index contributed by atoms with van der Waals surface area (Å²) < 4.78 is 3.33. The zero-order chi connectivity index (χ0) is 18.1. The van der Waals surface area contributed by atoms with Crippen molar-refractivity contribution >= 4 is 22.6 Å². The summed E-state index contributed by atoms with van der Waals surface area (Å²) in [4.78, 5) is 17.0. The Morgan fingerprint density at radius 2 is 2.08 bits per heavy atom. The molecule has 0 atom stereocenters. The number of amides is 1. The predicted octanol–water partition coefficient (Wildman–Crippen LogP) is 2.24. The number of fused-ring (bicyclic) bond motifs is 1. The molecule has 0 unspecified atom stereocenters. The highest BCUT2D eigenvalue weighted by Gasteiger charge is 2.11. The minimum atomic E-state index is -0.239. The van der Waals surface area contributed by atoms with Gasteiger partial charge in [0.25, 0.3) is 5.91 Å². The van der Waals surface area contributed by atoms with Crippen LogP contribution in [0.3, 0.4) is 0 Å². The van der Waals surface area contributed by atoms with Crippen LogP contribution in [0.4, 0.5) is 5.69 Å². The summed E-state index contributed by atoms with van der Waals surface area (Å²) in [6.45, 7) is 4.09. The molecule has 4 aromatic rings. The van der Waals surface area contributed by atoms with Crippen molar-refractivity contribution in [3.63, 3.8) is 0 Å². The van der Waals surface area contributed by atoms with Crippen molar-refractivity contribution in [2.45, 2.75) is 19.9 Å². The number of rotatable bonds is 4. The monoisotopic (exact) mass is 348 g/mol. The first-order valence-corrected chi connectivity index (χ1v) is 8.10. The van der Waals surface area contributed by atoms with Crippen LogP contribution in [0.1, 0.15) is 30.2 Å². The molecule has 0 aliphatic carbocycles. The van der Waals surface area contributed by atoms with Crippen molar-refractivity contribution in [3.8, 4) is 5.69 Å². The van der Waals surface area contributed by atoms with Crippen LogP contribution in [0.25, 0.3) is 16.7 Å². The maximum Gasteiger partial charge on any atom is 0.255 e. The molecular weight excluding hydrogens is 332 g/mol. The lowest BCUT2D eigenvalue weighted by molar-refractivity contribution is 0.102. The maximum atomic E-state index is 12.6.